The van der Waals surface area contributed by atoms with E-state index < -0.39 is 5.66 Å². The van der Waals surface area contributed by atoms with Gasteiger partial charge in [0.2, 0.25) is 10.9 Å². The van der Waals surface area contributed by atoms with Gasteiger partial charge in [0.1, 0.15) is 18.2 Å². The van der Waals surface area contributed by atoms with Crippen molar-refractivity contribution in [3.05, 3.63) is 97.1 Å². The molecule has 0 bridgehead atoms. The van der Waals surface area contributed by atoms with Crippen molar-refractivity contribution in [2.45, 2.75) is 5.66 Å². The van der Waals surface area contributed by atoms with Gasteiger partial charge in [0.15, 0.2) is 23.7 Å². The van der Waals surface area contributed by atoms with Crippen LogP contribution in [-0.4, -0.2) is 40.4 Å². The Morgan fingerprint density at radius 3 is 2.58 bits per heavy atom. The Kier molecular flexibility index (Phi) is 4.77. The van der Waals surface area contributed by atoms with Crippen molar-refractivity contribution < 1.29 is 17.9 Å². The van der Waals surface area contributed by atoms with E-state index >= 15 is 0 Å². The van der Waals surface area contributed by atoms with Crippen LogP contribution in [0.2, 0.25) is 0 Å². The molecular formula is C23H16N12O4S. The van der Waals surface area contributed by atoms with Gasteiger partial charge in [-0.2, -0.15) is 15.0 Å². The summed E-state index contributed by atoms with van der Waals surface area (Å²) in [6, 6.07) is 9.31. The summed E-state index contributed by atoms with van der Waals surface area (Å²) in [7, 11) is 0. The molecule has 1 aliphatic rings. The largest absolute Gasteiger partial charge is 0.463 e. The highest BCUT2D eigenvalue weighted by Crippen LogP contribution is 2.52. The molecule has 17 heteroatoms. The minimum absolute atomic E-state index is 0.166. The van der Waals surface area contributed by atoms with Crippen LogP contribution in [-0.2, 0) is 5.66 Å². The number of hydrazine groups is 3. The number of thiazole rings is 1. The zero-order valence-electron chi connectivity index (χ0n) is 20.1. The fraction of sp³-hybridized carbons (Fsp3) is 0.0435. The molecule has 0 aliphatic carbocycles. The smallest absolute Gasteiger partial charge is 0.339 e. The van der Waals surface area contributed by atoms with Crippen molar-refractivity contribution in [1.82, 2.24) is 40.4 Å². The Morgan fingerprint density at radius 1 is 0.875 bits per heavy atom. The highest BCUT2D eigenvalue weighted by molar-refractivity contribution is 7.13. The van der Waals surface area contributed by atoms with Crippen molar-refractivity contribution in [2.24, 2.45) is 0 Å². The second-order valence-electron chi connectivity index (χ2n) is 8.33. The molecule has 0 spiro atoms. The highest BCUT2D eigenvalue weighted by Gasteiger charge is 2.65. The number of hydrogen-bond acceptors (Lipinski definition) is 15. The van der Waals surface area contributed by atoms with E-state index in [1.807, 2.05) is 34.8 Å². The first-order valence-electron chi connectivity index (χ1n) is 11.8. The van der Waals surface area contributed by atoms with Crippen molar-refractivity contribution in [3.8, 4) is 11.5 Å². The van der Waals surface area contributed by atoms with Crippen LogP contribution in [0.25, 0.3) is 11.5 Å². The van der Waals surface area contributed by atoms with Crippen LogP contribution in [0, 0.1) is 0 Å². The Labute approximate surface area is 227 Å². The molecular weight excluding hydrogens is 540 g/mol. The molecule has 1 saturated heterocycles. The predicted molar refractivity (Wildman–Crippen MR) is 137 cm³/mol. The molecule has 0 saturated carbocycles. The zero-order chi connectivity index (χ0) is 26.5. The molecule has 1 fully saturated rings. The van der Waals surface area contributed by atoms with Crippen molar-refractivity contribution >= 4 is 34.1 Å². The first-order chi connectivity index (χ1) is 19.9. The van der Waals surface area contributed by atoms with E-state index in [1.54, 1.807) is 46.0 Å². The molecule has 1 atom stereocenters. The molecule has 198 valence electrons. The van der Waals surface area contributed by atoms with E-state index in [0.29, 0.717) is 33.9 Å². The monoisotopic (exact) mass is 556 g/mol. The van der Waals surface area contributed by atoms with Gasteiger partial charge in [0.25, 0.3) is 5.66 Å². The minimum atomic E-state index is -1.39. The maximum Gasteiger partial charge on any atom is 0.339 e. The highest BCUT2D eigenvalue weighted by atomic mass is 32.1. The summed E-state index contributed by atoms with van der Waals surface area (Å²) >= 11 is 1.39. The van der Waals surface area contributed by atoms with Crippen LogP contribution in [0.3, 0.4) is 0 Å². The van der Waals surface area contributed by atoms with Gasteiger partial charge in [-0.25, -0.2) is 9.97 Å². The van der Waals surface area contributed by atoms with Crippen LogP contribution in [0.5, 0.6) is 0 Å². The fourth-order valence-electron chi connectivity index (χ4n) is 4.74. The molecule has 7 aromatic rings. The zero-order valence-corrected chi connectivity index (χ0v) is 20.9. The summed E-state index contributed by atoms with van der Waals surface area (Å²) in [5.74, 6) is 1.72. The molecule has 7 aromatic heterocycles. The third kappa shape index (κ3) is 3.05. The molecule has 0 amide bonds. The predicted octanol–water partition coefficient (Wildman–Crippen LogP) is 3.80. The van der Waals surface area contributed by atoms with Crippen LogP contribution in [0.4, 0.5) is 22.8 Å². The van der Waals surface area contributed by atoms with Crippen molar-refractivity contribution in [1.29, 1.82) is 0 Å². The number of aromatic amines is 2. The maximum atomic E-state index is 5.85. The van der Waals surface area contributed by atoms with Crippen LogP contribution in [0.1, 0.15) is 11.5 Å². The third-order valence-electron chi connectivity index (χ3n) is 6.22. The van der Waals surface area contributed by atoms with Gasteiger partial charge in [-0.3, -0.25) is 0 Å². The molecule has 0 radical (unpaired) electrons. The van der Waals surface area contributed by atoms with Gasteiger partial charge in [-0.15, -0.1) is 21.6 Å². The Bertz CT molecular complexity index is 1700. The van der Waals surface area contributed by atoms with Gasteiger partial charge in [-0.05, 0) is 24.3 Å². The lowest BCUT2D eigenvalue weighted by Crippen LogP contribution is -2.56. The van der Waals surface area contributed by atoms with E-state index in [4.69, 9.17) is 22.9 Å². The molecule has 8 rings (SSSR count). The van der Waals surface area contributed by atoms with E-state index in [2.05, 4.69) is 35.5 Å². The normalized spacial score (nSPS) is 17.4. The quantitative estimate of drug-likeness (QED) is 0.290. The summed E-state index contributed by atoms with van der Waals surface area (Å²) in [5, 5.41) is 21.6. The first-order valence-corrected chi connectivity index (χ1v) is 12.6. The Hall–Kier alpha value is -5.84. The van der Waals surface area contributed by atoms with Crippen LogP contribution >= 0.6 is 11.3 Å². The maximum absolute atomic E-state index is 5.85. The molecule has 16 nitrogen and oxygen atoms in total. The number of nitrogens with one attached hydrogen (secondary N) is 2. The summed E-state index contributed by atoms with van der Waals surface area (Å²) < 4.78 is 22.0. The third-order valence-corrected chi connectivity index (χ3v) is 6.97. The minimum Gasteiger partial charge on any atom is -0.463 e. The standard InChI is InChI=1S/C23H16N12O4S/c1-4-17(24-6-1)23(20-27-13-15(28-20)16-3-2-9-36-16)32(18-5-10-38-30-18)35(21-25-7-11-37-21)34(19-14-39-31-29-19)33(23)22-26-8-12-40-22/h1-14,24H,(H,27,28). The number of rotatable bonds is 7. The number of nitrogens with zero attached hydrogens (tertiary/aromatic N) is 10. The lowest BCUT2D eigenvalue weighted by molar-refractivity contribution is 0.393. The summed E-state index contributed by atoms with van der Waals surface area (Å²) in [4.78, 5) is 20.8. The molecule has 0 aromatic carbocycles. The average Bonchev–Trinajstić information content (AvgIpc) is 3.85. The fourth-order valence-corrected chi connectivity index (χ4v) is 5.41. The van der Waals surface area contributed by atoms with Crippen LogP contribution < -0.4 is 20.3 Å². The SMILES string of the molecule is c1c[nH]c(C2(c3ncc(-c4ccco4)[nH]3)N(c3ccon3)N(c3ncco3)N(c3conn3)N2c2nccs2)c1. The molecule has 8 heterocycles. The second-order valence-corrected chi connectivity index (χ2v) is 9.20. The average molecular weight is 557 g/mol. The van der Waals surface area contributed by atoms with Gasteiger partial charge >= 0.3 is 6.01 Å². The van der Waals surface area contributed by atoms with E-state index in [0.717, 1.165) is 0 Å². The molecule has 1 unspecified atom stereocenters. The van der Waals surface area contributed by atoms with E-state index in [9.17, 15) is 0 Å². The summed E-state index contributed by atoms with van der Waals surface area (Å²) in [6.07, 6.45) is 12.6. The number of aromatic nitrogens is 8. The van der Waals surface area contributed by atoms with Crippen LogP contribution in [0.15, 0.2) is 103 Å². The molecule has 1 aliphatic heterocycles. The number of imidazole rings is 1. The van der Waals surface area contributed by atoms with Crippen molar-refractivity contribution in [2.75, 3.05) is 20.3 Å². The van der Waals surface area contributed by atoms with Gasteiger partial charge in [0.05, 0.1) is 24.4 Å². The number of anilines is 4. The number of H-pyrrole nitrogens is 2. The Balaban J connectivity index is 1.50. The number of furan rings is 1. The summed E-state index contributed by atoms with van der Waals surface area (Å²) in [6.45, 7) is 0. The molecule has 2 N–H and O–H groups in total. The van der Waals surface area contributed by atoms with E-state index in [1.165, 1.54) is 36.3 Å². The van der Waals surface area contributed by atoms with Crippen molar-refractivity contribution in [3.63, 3.8) is 0 Å². The second kappa shape index (κ2) is 8.60. The summed E-state index contributed by atoms with van der Waals surface area (Å²) in [5.41, 5.74) is -0.0767. The first kappa shape index (κ1) is 22.2. The van der Waals surface area contributed by atoms with Gasteiger partial charge < -0.3 is 27.8 Å². The lowest BCUT2D eigenvalue weighted by atomic mass is 10.0. The van der Waals surface area contributed by atoms with Gasteiger partial charge in [-0.1, -0.05) is 10.3 Å². The number of hydrogen-bond donors (Lipinski definition) is 2. The molecule has 40 heavy (non-hydrogen) atoms. The number of oxazole rings is 1. The Morgan fingerprint density at radius 2 is 1.88 bits per heavy atom. The van der Waals surface area contributed by atoms with E-state index in [-0.39, 0.29) is 11.8 Å². The lowest BCUT2D eigenvalue weighted by Gasteiger charge is -2.38. The van der Waals surface area contributed by atoms with Gasteiger partial charge in [0, 0.05) is 29.1 Å². The topological polar surface area (TPSA) is 174 Å².